The lowest BCUT2D eigenvalue weighted by molar-refractivity contribution is 0.214. The van der Waals surface area contributed by atoms with Gasteiger partial charge in [-0.15, -0.1) is 0 Å². The molecule has 4 heteroatoms. The molecule has 0 aromatic carbocycles. The summed E-state index contributed by atoms with van der Waals surface area (Å²) in [6, 6.07) is 0.425. The number of aliphatic hydroxyl groups is 1. The number of hydrogen-bond acceptors (Lipinski definition) is 4. The fourth-order valence-electron chi connectivity index (χ4n) is 2.77. The maximum atomic E-state index is 9.03. The molecule has 17 heavy (non-hydrogen) atoms. The first-order valence-corrected chi connectivity index (χ1v) is 6.87. The van der Waals surface area contributed by atoms with Gasteiger partial charge in [-0.25, -0.2) is 0 Å². The summed E-state index contributed by atoms with van der Waals surface area (Å²) in [6.45, 7) is 8.06. The Morgan fingerprint density at radius 3 is 2.82 bits per heavy atom. The molecule has 2 unspecified atom stereocenters. The molecule has 0 aromatic heterocycles. The van der Waals surface area contributed by atoms with Crippen molar-refractivity contribution >= 4 is 0 Å². The third-order valence-electron chi connectivity index (χ3n) is 3.56. The van der Waals surface area contributed by atoms with Crippen LogP contribution in [0.5, 0.6) is 0 Å². The van der Waals surface area contributed by atoms with Gasteiger partial charge in [0.1, 0.15) is 0 Å². The van der Waals surface area contributed by atoms with Crippen LogP contribution in [0.4, 0.5) is 0 Å². The van der Waals surface area contributed by atoms with E-state index in [0.29, 0.717) is 6.04 Å². The summed E-state index contributed by atoms with van der Waals surface area (Å²) in [6.07, 6.45) is 2.18. The maximum absolute atomic E-state index is 9.03. The quantitative estimate of drug-likeness (QED) is 0.640. The fourth-order valence-corrected chi connectivity index (χ4v) is 2.77. The van der Waals surface area contributed by atoms with Gasteiger partial charge < -0.3 is 20.2 Å². The zero-order valence-electron chi connectivity index (χ0n) is 11.7. The number of nitrogens with zero attached hydrogens (tertiary/aromatic N) is 2. The van der Waals surface area contributed by atoms with Gasteiger partial charge in [0.25, 0.3) is 0 Å². The molecular weight excluding hydrogens is 214 g/mol. The van der Waals surface area contributed by atoms with Gasteiger partial charge in [0.15, 0.2) is 0 Å². The predicted octanol–water partition coefficient (Wildman–Crippen LogP) is 0.230. The summed E-state index contributed by atoms with van der Waals surface area (Å²) in [5.41, 5.74) is 0. The smallest absolute Gasteiger partial charge is 0.0446 e. The lowest BCUT2D eigenvalue weighted by Crippen LogP contribution is -2.41. The molecule has 2 atom stereocenters. The molecule has 1 heterocycles. The molecule has 1 aliphatic heterocycles. The highest BCUT2D eigenvalue weighted by Crippen LogP contribution is 2.15. The molecule has 2 N–H and O–H groups in total. The molecule has 1 aliphatic rings. The van der Waals surface area contributed by atoms with Crippen molar-refractivity contribution in [1.82, 2.24) is 15.1 Å². The van der Waals surface area contributed by atoms with Crippen LogP contribution in [0, 0.1) is 5.92 Å². The van der Waals surface area contributed by atoms with Crippen LogP contribution in [0.1, 0.15) is 19.8 Å². The predicted molar refractivity (Wildman–Crippen MR) is 72.3 cm³/mol. The van der Waals surface area contributed by atoms with Gasteiger partial charge in [-0.2, -0.15) is 0 Å². The van der Waals surface area contributed by atoms with Crippen LogP contribution >= 0.6 is 0 Å². The molecule has 102 valence electrons. The van der Waals surface area contributed by atoms with Crippen molar-refractivity contribution in [1.29, 1.82) is 0 Å². The lowest BCUT2D eigenvalue weighted by Gasteiger charge is -2.26. The minimum absolute atomic E-state index is 0.275. The van der Waals surface area contributed by atoms with Crippen molar-refractivity contribution in [2.24, 2.45) is 5.92 Å². The highest BCUT2D eigenvalue weighted by atomic mass is 16.3. The van der Waals surface area contributed by atoms with Crippen molar-refractivity contribution in [3.05, 3.63) is 0 Å². The number of likely N-dealkylation sites (N-methyl/N-ethyl adjacent to an activating group) is 2. The maximum Gasteiger partial charge on any atom is 0.0446 e. The van der Waals surface area contributed by atoms with E-state index >= 15 is 0 Å². The zero-order chi connectivity index (χ0) is 12.7. The van der Waals surface area contributed by atoms with Gasteiger partial charge >= 0.3 is 0 Å². The Labute approximate surface area is 106 Å². The van der Waals surface area contributed by atoms with Crippen LogP contribution in [0.15, 0.2) is 0 Å². The molecule has 0 bridgehead atoms. The highest BCUT2D eigenvalue weighted by Gasteiger charge is 2.21. The molecular formula is C13H29N3O. The van der Waals surface area contributed by atoms with Gasteiger partial charge in [-0.05, 0) is 45.9 Å². The molecule has 0 radical (unpaired) electrons. The third kappa shape index (κ3) is 5.82. The molecule has 0 aliphatic carbocycles. The monoisotopic (exact) mass is 243 g/mol. The molecule has 1 rings (SSSR count). The van der Waals surface area contributed by atoms with Gasteiger partial charge in [-0.3, -0.25) is 0 Å². The SMILES string of the molecule is CCNC(CCO)CN(C)CC1CCN(C)C1. The van der Waals surface area contributed by atoms with Gasteiger partial charge in [0.05, 0.1) is 0 Å². The molecule has 1 fully saturated rings. The summed E-state index contributed by atoms with van der Waals surface area (Å²) in [5.74, 6) is 0.821. The first kappa shape index (κ1) is 14.9. The van der Waals surface area contributed by atoms with E-state index < -0.39 is 0 Å². The first-order valence-electron chi connectivity index (χ1n) is 6.87. The molecule has 4 nitrogen and oxygen atoms in total. The van der Waals surface area contributed by atoms with Gasteiger partial charge in [0, 0.05) is 32.3 Å². The number of hydrogen-bond donors (Lipinski definition) is 2. The number of rotatable bonds is 8. The van der Waals surface area contributed by atoms with E-state index in [9.17, 15) is 0 Å². The average Bonchev–Trinajstić information content (AvgIpc) is 2.64. The summed E-state index contributed by atoms with van der Waals surface area (Å²) in [4.78, 5) is 4.82. The van der Waals surface area contributed by atoms with E-state index in [1.54, 1.807) is 0 Å². The highest BCUT2D eigenvalue weighted by molar-refractivity contribution is 4.77. The number of nitrogens with one attached hydrogen (secondary N) is 1. The third-order valence-corrected chi connectivity index (χ3v) is 3.56. The van der Waals surface area contributed by atoms with Crippen LogP contribution < -0.4 is 5.32 Å². The molecule has 0 spiro atoms. The minimum atomic E-state index is 0.275. The van der Waals surface area contributed by atoms with Gasteiger partial charge in [-0.1, -0.05) is 6.92 Å². The van der Waals surface area contributed by atoms with Crippen LogP contribution in [0.25, 0.3) is 0 Å². The second-order valence-electron chi connectivity index (χ2n) is 5.41. The van der Waals surface area contributed by atoms with Crippen molar-refractivity contribution in [3.8, 4) is 0 Å². The second-order valence-corrected chi connectivity index (χ2v) is 5.41. The van der Waals surface area contributed by atoms with Crippen LogP contribution in [0.2, 0.25) is 0 Å². The minimum Gasteiger partial charge on any atom is -0.396 e. The van der Waals surface area contributed by atoms with Crippen molar-refractivity contribution < 1.29 is 5.11 Å². The van der Waals surface area contributed by atoms with Crippen LogP contribution in [-0.2, 0) is 0 Å². The van der Waals surface area contributed by atoms with Gasteiger partial charge in [0.2, 0.25) is 0 Å². The topological polar surface area (TPSA) is 38.7 Å². The Bertz CT molecular complexity index is 195. The molecule has 0 aromatic rings. The zero-order valence-corrected chi connectivity index (χ0v) is 11.7. The van der Waals surface area contributed by atoms with Crippen molar-refractivity contribution in [3.63, 3.8) is 0 Å². The Morgan fingerprint density at radius 1 is 1.53 bits per heavy atom. The van der Waals surface area contributed by atoms with E-state index in [2.05, 4.69) is 36.1 Å². The van der Waals surface area contributed by atoms with Crippen LogP contribution in [-0.4, -0.2) is 74.4 Å². The lowest BCUT2D eigenvalue weighted by atomic mass is 10.1. The average molecular weight is 243 g/mol. The van der Waals surface area contributed by atoms with Crippen molar-refractivity contribution in [2.45, 2.75) is 25.8 Å². The Kier molecular flexibility index (Phi) is 7.04. The second kappa shape index (κ2) is 8.03. The Balaban J connectivity index is 2.23. The Hall–Kier alpha value is -0.160. The Morgan fingerprint density at radius 2 is 2.29 bits per heavy atom. The normalized spacial score (nSPS) is 23.5. The molecule has 0 amide bonds. The fraction of sp³-hybridized carbons (Fsp3) is 1.00. The summed E-state index contributed by atoms with van der Waals surface area (Å²) < 4.78 is 0. The van der Waals surface area contributed by atoms with Crippen molar-refractivity contribution in [2.75, 3.05) is 53.4 Å². The van der Waals surface area contributed by atoms with E-state index in [0.717, 1.165) is 25.4 Å². The molecule has 0 saturated carbocycles. The standard InChI is InChI=1S/C13H29N3O/c1-4-14-13(6-8-17)11-16(3)10-12-5-7-15(2)9-12/h12-14,17H,4-11H2,1-3H3. The van der Waals surface area contributed by atoms with Crippen LogP contribution in [0.3, 0.4) is 0 Å². The summed E-state index contributed by atoms with van der Waals surface area (Å²) >= 11 is 0. The number of likely N-dealkylation sites (tertiary alicyclic amines) is 1. The number of aliphatic hydroxyl groups excluding tert-OH is 1. The summed E-state index contributed by atoms with van der Waals surface area (Å²) in [5, 5.41) is 12.5. The van der Waals surface area contributed by atoms with E-state index in [1.807, 2.05) is 0 Å². The largest absolute Gasteiger partial charge is 0.396 e. The van der Waals surface area contributed by atoms with E-state index in [-0.39, 0.29) is 6.61 Å². The van der Waals surface area contributed by atoms with E-state index in [4.69, 9.17) is 5.11 Å². The summed E-state index contributed by atoms with van der Waals surface area (Å²) in [7, 11) is 4.40. The first-order chi connectivity index (χ1) is 8.15. The van der Waals surface area contributed by atoms with E-state index in [1.165, 1.54) is 26.1 Å². The molecule has 1 saturated heterocycles.